The molecule has 0 atom stereocenters. The average molecular weight is 283 g/mol. The van der Waals surface area contributed by atoms with Gasteiger partial charge in [-0.25, -0.2) is 5.43 Å². The minimum absolute atomic E-state index is 0.192. The monoisotopic (exact) mass is 282 g/mol. The standard InChI is InChI=1S/C12H15BrN2O/c1-3-6-9(2)14-15-12(16)10-7-4-5-8-11(10)13/h4-5,7-8H,3,6H2,1-2H3,(H,15,16). The maximum absolute atomic E-state index is 11.7. The molecule has 0 unspecified atom stereocenters. The number of nitrogens with one attached hydrogen (secondary N) is 1. The summed E-state index contributed by atoms with van der Waals surface area (Å²) in [6.07, 6.45) is 1.93. The zero-order valence-corrected chi connectivity index (χ0v) is 11.0. The molecule has 0 aliphatic rings. The third-order valence-electron chi connectivity index (χ3n) is 2.08. The fourth-order valence-corrected chi connectivity index (χ4v) is 1.73. The lowest BCUT2D eigenvalue weighted by atomic mass is 10.2. The van der Waals surface area contributed by atoms with Crippen LogP contribution in [0.25, 0.3) is 0 Å². The zero-order valence-electron chi connectivity index (χ0n) is 9.46. The molecule has 0 saturated heterocycles. The van der Waals surface area contributed by atoms with E-state index in [1.165, 1.54) is 0 Å². The molecule has 0 bridgehead atoms. The Labute approximate surface area is 104 Å². The van der Waals surface area contributed by atoms with Crippen molar-refractivity contribution >= 4 is 27.5 Å². The van der Waals surface area contributed by atoms with E-state index in [1.807, 2.05) is 25.1 Å². The molecular weight excluding hydrogens is 268 g/mol. The number of nitrogens with zero attached hydrogens (tertiary/aromatic N) is 1. The Morgan fingerprint density at radius 3 is 2.75 bits per heavy atom. The van der Waals surface area contributed by atoms with Crippen molar-refractivity contribution in [2.75, 3.05) is 0 Å². The number of hydrogen-bond donors (Lipinski definition) is 1. The summed E-state index contributed by atoms with van der Waals surface area (Å²) in [5.74, 6) is -0.192. The summed E-state index contributed by atoms with van der Waals surface area (Å²) >= 11 is 3.33. The summed E-state index contributed by atoms with van der Waals surface area (Å²) in [7, 11) is 0. The lowest BCUT2D eigenvalue weighted by molar-refractivity contribution is 0.0954. The van der Waals surface area contributed by atoms with E-state index in [9.17, 15) is 4.79 Å². The molecule has 0 aliphatic carbocycles. The van der Waals surface area contributed by atoms with Gasteiger partial charge in [0.15, 0.2) is 0 Å². The first-order chi connectivity index (χ1) is 7.65. The fraction of sp³-hybridized carbons (Fsp3) is 0.333. The highest BCUT2D eigenvalue weighted by molar-refractivity contribution is 9.10. The lowest BCUT2D eigenvalue weighted by Crippen LogP contribution is -2.19. The number of carbonyl (C=O) groups is 1. The van der Waals surface area contributed by atoms with E-state index in [1.54, 1.807) is 6.07 Å². The highest BCUT2D eigenvalue weighted by Crippen LogP contribution is 2.15. The smallest absolute Gasteiger partial charge is 0.267 e. The molecule has 0 aromatic heterocycles. The van der Waals surface area contributed by atoms with E-state index in [0.717, 1.165) is 23.0 Å². The van der Waals surface area contributed by atoms with Gasteiger partial charge in [-0.2, -0.15) is 5.10 Å². The van der Waals surface area contributed by atoms with E-state index in [2.05, 4.69) is 33.4 Å². The summed E-state index contributed by atoms with van der Waals surface area (Å²) in [5.41, 5.74) is 4.07. The Hall–Kier alpha value is -1.16. The van der Waals surface area contributed by atoms with E-state index in [0.29, 0.717) is 5.56 Å². The first-order valence-electron chi connectivity index (χ1n) is 5.23. The van der Waals surface area contributed by atoms with Crippen molar-refractivity contribution in [3.05, 3.63) is 34.3 Å². The second kappa shape index (κ2) is 6.43. The van der Waals surface area contributed by atoms with Crippen molar-refractivity contribution < 1.29 is 4.79 Å². The number of benzene rings is 1. The van der Waals surface area contributed by atoms with Gasteiger partial charge in [-0.05, 0) is 41.4 Å². The first-order valence-corrected chi connectivity index (χ1v) is 6.02. The molecule has 0 saturated carbocycles. The number of hydrazone groups is 1. The predicted molar refractivity (Wildman–Crippen MR) is 69.6 cm³/mol. The van der Waals surface area contributed by atoms with Gasteiger partial charge >= 0.3 is 0 Å². The third-order valence-corrected chi connectivity index (χ3v) is 2.77. The van der Waals surface area contributed by atoms with Crippen molar-refractivity contribution in [3.8, 4) is 0 Å². The molecular formula is C12H15BrN2O. The second-order valence-corrected chi connectivity index (χ2v) is 4.37. The van der Waals surface area contributed by atoms with Crippen molar-refractivity contribution in [2.45, 2.75) is 26.7 Å². The molecule has 0 fully saturated rings. The van der Waals surface area contributed by atoms with Gasteiger partial charge in [0, 0.05) is 10.2 Å². The Morgan fingerprint density at radius 2 is 2.12 bits per heavy atom. The number of rotatable bonds is 4. The van der Waals surface area contributed by atoms with Crippen LogP contribution in [0, 0.1) is 0 Å². The number of amides is 1. The maximum atomic E-state index is 11.7. The van der Waals surface area contributed by atoms with E-state index in [-0.39, 0.29) is 5.91 Å². The molecule has 1 amide bonds. The third kappa shape index (κ3) is 3.77. The average Bonchev–Trinajstić information content (AvgIpc) is 2.27. The molecule has 1 aromatic rings. The van der Waals surface area contributed by atoms with Gasteiger partial charge in [0.1, 0.15) is 0 Å². The molecule has 0 aliphatic heterocycles. The Kier molecular flexibility index (Phi) is 5.19. The highest BCUT2D eigenvalue weighted by Gasteiger charge is 2.07. The van der Waals surface area contributed by atoms with Crippen LogP contribution in [0.4, 0.5) is 0 Å². The number of carbonyl (C=O) groups excluding carboxylic acids is 1. The SMILES string of the molecule is CCCC(C)=NNC(=O)c1ccccc1Br. The molecule has 3 nitrogen and oxygen atoms in total. The normalized spacial score (nSPS) is 11.3. The highest BCUT2D eigenvalue weighted by atomic mass is 79.9. The number of halogens is 1. The minimum atomic E-state index is -0.192. The Balaban J connectivity index is 2.67. The van der Waals surface area contributed by atoms with Gasteiger partial charge in [-0.15, -0.1) is 0 Å². The molecule has 1 N–H and O–H groups in total. The fourth-order valence-electron chi connectivity index (χ4n) is 1.27. The van der Waals surface area contributed by atoms with Crippen LogP contribution in [0.1, 0.15) is 37.0 Å². The number of hydrogen-bond acceptors (Lipinski definition) is 2. The topological polar surface area (TPSA) is 41.5 Å². The molecule has 4 heteroatoms. The van der Waals surface area contributed by atoms with Gasteiger partial charge < -0.3 is 0 Å². The second-order valence-electron chi connectivity index (χ2n) is 3.52. The van der Waals surface area contributed by atoms with Crippen molar-refractivity contribution in [1.82, 2.24) is 5.43 Å². The maximum Gasteiger partial charge on any atom is 0.272 e. The Bertz CT molecular complexity index is 402. The largest absolute Gasteiger partial charge is 0.272 e. The zero-order chi connectivity index (χ0) is 12.0. The van der Waals surface area contributed by atoms with E-state index < -0.39 is 0 Å². The minimum Gasteiger partial charge on any atom is -0.267 e. The van der Waals surface area contributed by atoms with Gasteiger partial charge in [-0.1, -0.05) is 25.5 Å². The van der Waals surface area contributed by atoms with E-state index in [4.69, 9.17) is 0 Å². The van der Waals surface area contributed by atoms with Crippen LogP contribution in [0.5, 0.6) is 0 Å². The van der Waals surface area contributed by atoms with Gasteiger partial charge in [-0.3, -0.25) is 4.79 Å². The van der Waals surface area contributed by atoms with Crippen LogP contribution in [0.3, 0.4) is 0 Å². The molecule has 0 heterocycles. The van der Waals surface area contributed by atoms with Crippen LogP contribution in [0.2, 0.25) is 0 Å². The predicted octanol–water partition coefficient (Wildman–Crippen LogP) is 3.35. The van der Waals surface area contributed by atoms with Gasteiger partial charge in [0.25, 0.3) is 5.91 Å². The summed E-state index contributed by atoms with van der Waals surface area (Å²) in [5, 5.41) is 4.03. The first kappa shape index (κ1) is 12.9. The van der Waals surface area contributed by atoms with Crippen LogP contribution in [-0.4, -0.2) is 11.6 Å². The molecule has 0 spiro atoms. The summed E-state index contributed by atoms with van der Waals surface area (Å²) < 4.78 is 0.774. The van der Waals surface area contributed by atoms with Crippen molar-refractivity contribution in [1.29, 1.82) is 0 Å². The van der Waals surface area contributed by atoms with E-state index >= 15 is 0 Å². The quantitative estimate of drug-likeness (QED) is 0.668. The van der Waals surface area contributed by atoms with Crippen LogP contribution in [0.15, 0.2) is 33.8 Å². The lowest BCUT2D eigenvalue weighted by Gasteiger charge is -2.03. The molecule has 16 heavy (non-hydrogen) atoms. The van der Waals surface area contributed by atoms with Crippen LogP contribution >= 0.6 is 15.9 Å². The summed E-state index contributed by atoms with van der Waals surface area (Å²) in [6.45, 7) is 3.98. The molecule has 1 rings (SSSR count). The Morgan fingerprint density at radius 1 is 1.44 bits per heavy atom. The molecule has 1 aromatic carbocycles. The van der Waals surface area contributed by atoms with Crippen molar-refractivity contribution in [2.24, 2.45) is 5.10 Å². The van der Waals surface area contributed by atoms with Gasteiger partial charge in [0.2, 0.25) is 0 Å². The summed E-state index contributed by atoms with van der Waals surface area (Å²) in [4.78, 5) is 11.7. The molecule has 0 radical (unpaired) electrons. The van der Waals surface area contributed by atoms with Crippen LogP contribution in [-0.2, 0) is 0 Å². The van der Waals surface area contributed by atoms with Crippen molar-refractivity contribution in [3.63, 3.8) is 0 Å². The summed E-state index contributed by atoms with van der Waals surface area (Å²) in [6, 6.07) is 7.27. The van der Waals surface area contributed by atoms with Crippen LogP contribution < -0.4 is 5.43 Å². The molecule has 86 valence electrons. The van der Waals surface area contributed by atoms with Gasteiger partial charge in [0.05, 0.1) is 5.56 Å².